The van der Waals surface area contributed by atoms with Gasteiger partial charge >= 0.3 is 0 Å². The zero-order valence-electron chi connectivity index (χ0n) is 17.3. The predicted octanol–water partition coefficient (Wildman–Crippen LogP) is 5.03. The summed E-state index contributed by atoms with van der Waals surface area (Å²) >= 11 is 6.49. The van der Waals surface area contributed by atoms with E-state index in [1.807, 2.05) is 36.4 Å². The van der Waals surface area contributed by atoms with Crippen LogP contribution >= 0.6 is 11.6 Å². The van der Waals surface area contributed by atoms with E-state index in [0.29, 0.717) is 22.1 Å². The highest BCUT2D eigenvalue weighted by Crippen LogP contribution is 2.31. The van der Waals surface area contributed by atoms with E-state index < -0.39 is 0 Å². The summed E-state index contributed by atoms with van der Waals surface area (Å²) < 4.78 is 2.13. The van der Waals surface area contributed by atoms with Crippen molar-refractivity contribution in [2.75, 3.05) is 5.32 Å². The first-order chi connectivity index (χ1) is 15.7. The van der Waals surface area contributed by atoms with Crippen LogP contribution in [-0.2, 0) is 13.0 Å². The van der Waals surface area contributed by atoms with Gasteiger partial charge in [-0.1, -0.05) is 48.4 Å². The summed E-state index contributed by atoms with van der Waals surface area (Å²) in [4.78, 5) is 21.4. The molecule has 0 spiro atoms. The quantitative estimate of drug-likeness (QED) is 0.477. The zero-order valence-corrected chi connectivity index (χ0v) is 18.1. The Hall–Kier alpha value is -3.58. The maximum absolute atomic E-state index is 12.8. The van der Waals surface area contributed by atoms with Crippen LogP contribution in [0, 0.1) is 0 Å². The van der Waals surface area contributed by atoms with Crippen molar-refractivity contribution in [2.24, 2.45) is 0 Å². The van der Waals surface area contributed by atoms with Gasteiger partial charge in [0.2, 0.25) is 0 Å². The topological polar surface area (TPSA) is 85.6 Å². The lowest BCUT2D eigenvalue weighted by molar-refractivity contribution is 0.102. The van der Waals surface area contributed by atoms with Gasteiger partial charge < -0.3 is 9.88 Å². The van der Waals surface area contributed by atoms with Gasteiger partial charge in [-0.3, -0.25) is 4.79 Å². The molecule has 0 saturated heterocycles. The van der Waals surface area contributed by atoms with Crippen LogP contribution < -0.4 is 5.32 Å². The summed E-state index contributed by atoms with van der Waals surface area (Å²) in [5.74, 6) is 2.00. The van der Waals surface area contributed by atoms with Gasteiger partial charge in [-0.05, 0) is 31.0 Å². The Morgan fingerprint density at radius 2 is 1.78 bits per heavy atom. The van der Waals surface area contributed by atoms with Gasteiger partial charge in [0.1, 0.15) is 5.82 Å². The molecule has 0 fully saturated rings. The molecule has 1 aliphatic rings. The summed E-state index contributed by atoms with van der Waals surface area (Å²) in [6.07, 6.45) is 7.36. The number of carbonyl (C=O) groups is 1. The summed E-state index contributed by atoms with van der Waals surface area (Å²) in [5, 5.41) is 12.2. The van der Waals surface area contributed by atoms with Crippen molar-refractivity contribution in [3.8, 4) is 22.8 Å². The highest BCUT2D eigenvalue weighted by molar-refractivity contribution is 6.33. The van der Waals surface area contributed by atoms with Crippen LogP contribution in [0.25, 0.3) is 22.8 Å². The van der Waals surface area contributed by atoms with Crippen LogP contribution in [0.5, 0.6) is 0 Å². The normalized spacial score (nSPS) is 13.3. The molecule has 0 atom stereocenters. The van der Waals surface area contributed by atoms with Crippen molar-refractivity contribution in [3.05, 3.63) is 77.3 Å². The lowest BCUT2D eigenvalue weighted by Gasteiger charge is -2.11. The number of halogens is 1. The summed E-state index contributed by atoms with van der Waals surface area (Å²) in [7, 11) is 0. The van der Waals surface area contributed by atoms with Gasteiger partial charge in [0.05, 0.1) is 10.6 Å². The Balaban J connectivity index is 1.37. The number of anilines is 1. The van der Waals surface area contributed by atoms with Crippen LogP contribution in [0.4, 0.5) is 5.69 Å². The van der Waals surface area contributed by atoms with Gasteiger partial charge in [-0.25, -0.2) is 9.97 Å². The van der Waals surface area contributed by atoms with E-state index in [2.05, 4.69) is 30.0 Å². The van der Waals surface area contributed by atoms with E-state index >= 15 is 0 Å². The van der Waals surface area contributed by atoms with Crippen LogP contribution in [0.3, 0.4) is 0 Å². The molecule has 0 radical (unpaired) electrons. The second-order valence-electron chi connectivity index (χ2n) is 7.71. The fraction of sp³-hybridized carbons (Fsp3) is 0.208. The van der Waals surface area contributed by atoms with Crippen LogP contribution in [-0.4, -0.2) is 30.6 Å². The second kappa shape index (κ2) is 8.88. The molecule has 0 aliphatic carbocycles. The fourth-order valence-corrected chi connectivity index (χ4v) is 4.05. The monoisotopic (exact) mass is 444 g/mol. The van der Waals surface area contributed by atoms with Crippen molar-refractivity contribution >= 4 is 23.2 Å². The summed E-state index contributed by atoms with van der Waals surface area (Å²) in [5.41, 5.74) is 2.64. The number of benzene rings is 2. The number of nitrogens with one attached hydrogen (secondary N) is 1. The number of hydrogen-bond acceptors (Lipinski definition) is 5. The molecule has 160 valence electrons. The van der Waals surface area contributed by atoms with Crippen LogP contribution in [0.15, 0.2) is 60.9 Å². The van der Waals surface area contributed by atoms with E-state index in [0.717, 1.165) is 48.6 Å². The van der Waals surface area contributed by atoms with Crippen molar-refractivity contribution in [1.29, 1.82) is 0 Å². The molecular formula is C24H21ClN6O. The Morgan fingerprint density at radius 3 is 2.59 bits per heavy atom. The summed E-state index contributed by atoms with van der Waals surface area (Å²) in [6, 6.07) is 15.0. The molecule has 0 bridgehead atoms. The average Bonchev–Trinajstić information content (AvgIpc) is 3.08. The molecule has 32 heavy (non-hydrogen) atoms. The minimum atomic E-state index is -0.294. The van der Waals surface area contributed by atoms with E-state index in [-0.39, 0.29) is 5.91 Å². The third kappa shape index (κ3) is 4.11. The second-order valence-corrected chi connectivity index (χ2v) is 8.12. The summed E-state index contributed by atoms with van der Waals surface area (Å²) in [6.45, 7) is 0.871. The molecule has 1 N–H and O–H groups in total. The molecule has 5 rings (SSSR count). The van der Waals surface area contributed by atoms with Crippen molar-refractivity contribution in [2.45, 2.75) is 32.2 Å². The van der Waals surface area contributed by atoms with Crippen LogP contribution in [0.1, 0.15) is 35.4 Å². The van der Waals surface area contributed by atoms with Crippen molar-refractivity contribution in [3.63, 3.8) is 0 Å². The Morgan fingerprint density at radius 1 is 0.969 bits per heavy atom. The largest absolute Gasteiger partial charge is 0.322 e. The van der Waals surface area contributed by atoms with Gasteiger partial charge in [-0.2, -0.15) is 0 Å². The molecule has 2 aromatic carbocycles. The Labute approximate surface area is 190 Å². The number of aromatic nitrogens is 5. The number of carbonyl (C=O) groups excluding carboxylic acids is 1. The minimum Gasteiger partial charge on any atom is -0.322 e. The van der Waals surface area contributed by atoms with Gasteiger partial charge in [0, 0.05) is 42.2 Å². The Bertz CT molecular complexity index is 1250. The van der Waals surface area contributed by atoms with E-state index in [4.69, 9.17) is 11.6 Å². The third-order valence-corrected chi connectivity index (χ3v) is 5.85. The number of hydrogen-bond donors (Lipinski definition) is 1. The first-order valence-corrected chi connectivity index (χ1v) is 11.0. The van der Waals surface area contributed by atoms with E-state index in [1.54, 1.807) is 12.1 Å². The molecule has 3 heterocycles. The minimum absolute atomic E-state index is 0.294. The molecule has 4 aromatic rings. The Kier molecular flexibility index (Phi) is 5.64. The van der Waals surface area contributed by atoms with Gasteiger partial charge in [-0.15, -0.1) is 10.2 Å². The molecule has 7 nitrogen and oxygen atoms in total. The molecule has 1 aliphatic heterocycles. The molecule has 0 unspecified atom stereocenters. The van der Waals surface area contributed by atoms with Crippen molar-refractivity contribution < 1.29 is 4.79 Å². The average molecular weight is 445 g/mol. The lowest BCUT2D eigenvalue weighted by atomic mass is 10.1. The van der Waals surface area contributed by atoms with Gasteiger partial charge in [0.15, 0.2) is 11.6 Å². The number of fused-ring (bicyclic) bond motifs is 1. The molecule has 2 aromatic heterocycles. The molecular weight excluding hydrogens is 424 g/mol. The zero-order chi connectivity index (χ0) is 21.9. The maximum atomic E-state index is 12.8. The standard InChI is InChI=1S/C24H21ClN6O/c25-20-11-10-18(13-19(20)23-30-29-21-9-5-2-6-12-31(21)23)28-24(32)17-14-26-22(27-15-17)16-7-3-1-4-8-16/h1,3-4,7-8,10-11,13-15H,2,5-6,9,12H2,(H,28,32). The number of aryl methyl sites for hydroxylation is 1. The predicted molar refractivity (Wildman–Crippen MR) is 123 cm³/mol. The number of amides is 1. The highest BCUT2D eigenvalue weighted by atomic mass is 35.5. The molecule has 0 saturated carbocycles. The first kappa shape index (κ1) is 20.3. The van der Waals surface area contributed by atoms with Crippen LogP contribution in [0.2, 0.25) is 5.02 Å². The highest BCUT2D eigenvalue weighted by Gasteiger charge is 2.19. The van der Waals surface area contributed by atoms with Crippen molar-refractivity contribution in [1.82, 2.24) is 24.7 Å². The molecule has 1 amide bonds. The molecule has 8 heteroatoms. The lowest BCUT2D eigenvalue weighted by Crippen LogP contribution is -2.13. The first-order valence-electron chi connectivity index (χ1n) is 10.6. The number of nitrogens with zero attached hydrogens (tertiary/aromatic N) is 5. The van der Waals surface area contributed by atoms with E-state index in [9.17, 15) is 4.79 Å². The third-order valence-electron chi connectivity index (χ3n) is 5.52. The maximum Gasteiger partial charge on any atom is 0.258 e. The van der Waals surface area contributed by atoms with E-state index in [1.165, 1.54) is 18.8 Å². The fourth-order valence-electron chi connectivity index (χ4n) is 3.84. The smallest absolute Gasteiger partial charge is 0.258 e. The van der Waals surface area contributed by atoms with Gasteiger partial charge in [0.25, 0.3) is 5.91 Å². The SMILES string of the molecule is O=C(Nc1ccc(Cl)c(-c2nnc3n2CCCCC3)c1)c1cnc(-c2ccccc2)nc1. The number of rotatable bonds is 4.